The number of nitrogens with two attached hydrogens (primary N) is 1. The molecule has 0 spiro atoms. The van der Waals surface area contributed by atoms with Crippen LogP contribution in [0, 0.1) is 0 Å². The maximum absolute atomic E-state index is 12.1. The van der Waals surface area contributed by atoms with E-state index in [1.807, 2.05) is 4.72 Å². The smallest absolute Gasteiger partial charge is 0.421 e. The Kier molecular flexibility index (Phi) is 5.57. The molecule has 1 amide bonds. The Morgan fingerprint density at radius 1 is 1.37 bits per heavy atom. The summed E-state index contributed by atoms with van der Waals surface area (Å²) in [6.45, 7) is 1.97. The molecule has 1 fully saturated rings. The van der Waals surface area contributed by atoms with Crippen molar-refractivity contribution >= 4 is 16.3 Å². The number of amides is 1. The molecule has 0 aromatic heterocycles. The fraction of sp³-hybridized carbons (Fsp3) is 0.909. The molecule has 112 valence electrons. The van der Waals surface area contributed by atoms with E-state index in [0.29, 0.717) is 12.8 Å². The van der Waals surface area contributed by atoms with E-state index in [0.717, 1.165) is 19.3 Å². The zero-order valence-electron chi connectivity index (χ0n) is 11.5. The predicted octanol–water partition coefficient (Wildman–Crippen LogP) is 0.571. The van der Waals surface area contributed by atoms with E-state index < -0.39 is 21.8 Å². The van der Waals surface area contributed by atoms with Crippen molar-refractivity contribution in [3.63, 3.8) is 0 Å². The van der Waals surface area contributed by atoms with Gasteiger partial charge in [-0.2, -0.15) is 12.7 Å². The Balaban J connectivity index is 2.83. The van der Waals surface area contributed by atoms with Crippen LogP contribution in [0.1, 0.15) is 39.0 Å². The molecule has 0 unspecified atom stereocenters. The highest BCUT2D eigenvalue weighted by atomic mass is 32.2. The second-order valence-electron chi connectivity index (χ2n) is 4.78. The molecule has 0 aromatic rings. The van der Waals surface area contributed by atoms with Crippen molar-refractivity contribution in [3.8, 4) is 0 Å². The Hall–Kier alpha value is -0.860. The lowest BCUT2D eigenvalue weighted by molar-refractivity contribution is 0.147. The normalized spacial score (nSPS) is 19.2. The lowest BCUT2D eigenvalue weighted by Gasteiger charge is -2.42. The van der Waals surface area contributed by atoms with Gasteiger partial charge in [0.15, 0.2) is 0 Å². The van der Waals surface area contributed by atoms with Gasteiger partial charge in [-0.1, -0.05) is 19.3 Å². The quantitative estimate of drug-likeness (QED) is 0.771. The van der Waals surface area contributed by atoms with Crippen LogP contribution in [0.15, 0.2) is 0 Å². The zero-order valence-corrected chi connectivity index (χ0v) is 12.3. The minimum atomic E-state index is -3.92. The Bertz CT molecular complexity index is 404. The molecule has 8 heteroatoms. The molecule has 1 saturated carbocycles. The molecule has 0 aliphatic heterocycles. The van der Waals surface area contributed by atoms with Crippen molar-refractivity contribution in [2.24, 2.45) is 5.73 Å². The van der Waals surface area contributed by atoms with E-state index >= 15 is 0 Å². The topological polar surface area (TPSA) is 102 Å². The number of carbonyl (C=O) groups is 1. The molecule has 7 nitrogen and oxygen atoms in total. The molecule has 1 aliphatic carbocycles. The lowest BCUT2D eigenvalue weighted by atomic mass is 9.82. The summed E-state index contributed by atoms with van der Waals surface area (Å²) in [5.74, 6) is 0. The summed E-state index contributed by atoms with van der Waals surface area (Å²) >= 11 is 0. The zero-order chi connectivity index (χ0) is 14.5. The standard InChI is InChI=1S/C11H23N3O4S/c1-3-18-10(15)13-19(16,17)14(2)11(9-12)7-5-4-6-8-11/h3-9,12H2,1-2H3,(H,13,15). The molecule has 1 rings (SSSR count). The minimum absolute atomic E-state index is 0.118. The van der Waals surface area contributed by atoms with Crippen LogP contribution in [0.2, 0.25) is 0 Å². The monoisotopic (exact) mass is 293 g/mol. The number of rotatable bonds is 5. The van der Waals surface area contributed by atoms with E-state index in [9.17, 15) is 13.2 Å². The number of ether oxygens (including phenoxy) is 1. The van der Waals surface area contributed by atoms with Gasteiger partial charge < -0.3 is 10.5 Å². The first kappa shape index (κ1) is 16.2. The molecule has 0 heterocycles. The van der Waals surface area contributed by atoms with Crippen molar-refractivity contribution in [1.82, 2.24) is 9.03 Å². The average molecular weight is 293 g/mol. The lowest BCUT2D eigenvalue weighted by Crippen LogP contribution is -2.58. The summed E-state index contributed by atoms with van der Waals surface area (Å²) in [5, 5.41) is 0. The van der Waals surface area contributed by atoms with E-state index in [1.165, 1.54) is 11.4 Å². The summed E-state index contributed by atoms with van der Waals surface area (Å²) in [7, 11) is -2.47. The van der Waals surface area contributed by atoms with Crippen molar-refractivity contribution in [2.45, 2.75) is 44.6 Å². The third-order valence-corrected chi connectivity index (χ3v) is 5.21. The summed E-state index contributed by atoms with van der Waals surface area (Å²) in [4.78, 5) is 11.3. The number of nitrogens with zero attached hydrogens (tertiary/aromatic N) is 1. The predicted molar refractivity (Wildman–Crippen MR) is 71.7 cm³/mol. The van der Waals surface area contributed by atoms with Gasteiger partial charge in [0.25, 0.3) is 0 Å². The fourth-order valence-electron chi connectivity index (χ4n) is 2.45. The third-order valence-electron chi connectivity index (χ3n) is 3.68. The molecular formula is C11H23N3O4S. The molecule has 19 heavy (non-hydrogen) atoms. The van der Waals surface area contributed by atoms with Crippen LogP contribution < -0.4 is 10.5 Å². The summed E-state index contributed by atoms with van der Waals surface area (Å²) < 4.78 is 32.0. The van der Waals surface area contributed by atoms with Crippen LogP contribution in [0.4, 0.5) is 4.79 Å². The van der Waals surface area contributed by atoms with Crippen molar-refractivity contribution in [2.75, 3.05) is 20.2 Å². The highest BCUT2D eigenvalue weighted by molar-refractivity contribution is 7.87. The number of likely N-dealkylation sites (N-methyl/N-ethyl adjacent to an activating group) is 1. The van der Waals surface area contributed by atoms with Gasteiger partial charge in [-0.05, 0) is 19.8 Å². The molecule has 0 atom stereocenters. The van der Waals surface area contributed by atoms with Crippen LogP contribution in [0.5, 0.6) is 0 Å². The van der Waals surface area contributed by atoms with Crippen LogP contribution in [-0.2, 0) is 14.9 Å². The number of carbonyl (C=O) groups excluding carboxylic acids is 1. The Morgan fingerprint density at radius 3 is 2.42 bits per heavy atom. The second kappa shape index (κ2) is 6.53. The molecule has 1 aliphatic rings. The van der Waals surface area contributed by atoms with Gasteiger partial charge in [0, 0.05) is 19.1 Å². The van der Waals surface area contributed by atoms with Crippen molar-refractivity contribution in [1.29, 1.82) is 0 Å². The highest BCUT2D eigenvalue weighted by Crippen LogP contribution is 2.33. The van der Waals surface area contributed by atoms with E-state index in [4.69, 9.17) is 5.73 Å². The fourth-order valence-corrected chi connectivity index (χ4v) is 3.62. The van der Waals surface area contributed by atoms with Crippen molar-refractivity contribution < 1.29 is 17.9 Å². The van der Waals surface area contributed by atoms with Gasteiger partial charge >= 0.3 is 16.3 Å². The molecule has 0 bridgehead atoms. The third kappa shape index (κ3) is 3.80. The molecule has 0 radical (unpaired) electrons. The van der Waals surface area contributed by atoms with E-state index in [2.05, 4.69) is 4.74 Å². The molecular weight excluding hydrogens is 270 g/mol. The van der Waals surface area contributed by atoms with Gasteiger partial charge in [-0.3, -0.25) is 0 Å². The maximum atomic E-state index is 12.1. The van der Waals surface area contributed by atoms with Crippen LogP contribution in [0.3, 0.4) is 0 Å². The Labute approximate surface area is 114 Å². The molecule has 3 N–H and O–H groups in total. The summed E-state index contributed by atoms with van der Waals surface area (Å²) in [5.41, 5.74) is 5.17. The van der Waals surface area contributed by atoms with Gasteiger partial charge in [0.1, 0.15) is 0 Å². The molecule has 0 aromatic carbocycles. The van der Waals surface area contributed by atoms with Crippen LogP contribution in [0.25, 0.3) is 0 Å². The van der Waals surface area contributed by atoms with Gasteiger partial charge in [-0.15, -0.1) is 0 Å². The highest BCUT2D eigenvalue weighted by Gasteiger charge is 2.41. The van der Waals surface area contributed by atoms with Gasteiger partial charge in [0.2, 0.25) is 0 Å². The Morgan fingerprint density at radius 2 is 1.95 bits per heavy atom. The van der Waals surface area contributed by atoms with E-state index in [-0.39, 0.29) is 13.2 Å². The number of nitrogens with one attached hydrogen (secondary N) is 1. The van der Waals surface area contributed by atoms with Gasteiger partial charge in [-0.25, -0.2) is 9.52 Å². The van der Waals surface area contributed by atoms with Gasteiger partial charge in [0.05, 0.1) is 6.61 Å². The minimum Gasteiger partial charge on any atom is -0.449 e. The van der Waals surface area contributed by atoms with Crippen LogP contribution in [-0.4, -0.2) is 44.6 Å². The summed E-state index contributed by atoms with van der Waals surface area (Å²) in [6, 6.07) is 0. The summed E-state index contributed by atoms with van der Waals surface area (Å²) in [6.07, 6.45) is 3.43. The first-order valence-electron chi connectivity index (χ1n) is 6.51. The maximum Gasteiger partial charge on any atom is 0.421 e. The number of hydrogen-bond donors (Lipinski definition) is 2. The van der Waals surface area contributed by atoms with E-state index in [1.54, 1.807) is 6.92 Å². The first-order chi connectivity index (χ1) is 8.88. The number of hydrogen-bond acceptors (Lipinski definition) is 5. The largest absolute Gasteiger partial charge is 0.449 e. The average Bonchev–Trinajstić information content (AvgIpc) is 2.38. The second-order valence-corrected chi connectivity index (χ2v) is 6.49. The first-order valence-corrected chi connectivity index (χ1v) is 7.95. The molecule has 0 saturated heterocycles. The van der Waals surface area contributed by atoms with Crippen molar-refractivity contribution in [3.05, 3.63) is 0 Å². The SMILES string of the molecule is CCOC(=O)NS(=O)(=O)N(C)C1(CN)CCCCC1. The van der Waals surface area contributed by atoms with Crippen LogP contribution >= 0.6 is 0 Å².